The van der Waals surface area contributed by atoms with Gasteiger partial charge in [-0.15, -0.1) is 0 Å². The highest BCUT2D eigenvalue weighted by Gasteiger charge is 2.27. The van der Waals surface area contributed by atoms with Gasteiger partial charge in [-0.05, 0) is 12.0 Å². The number of benzene rings is 1. The molecule has 6 heteroatoms. The molecule has 2 aromatic rings. The second-order valence-electron chi connectivity index (χ2n) is 6.63. The summed E-state index contributed by atoms with van der Waals surface area (Å²) in [5.41, 5.74) is 1.19. The predicted molar refractivity (Wildman–Crippen MR) is 91.9 cm³/mol. The van der Waals surface area contributed by atoms with Crippen LogP contribution in [-0.4, -0.2) is 41.8 Å². The monoisotopic (exact) mass is 330 g/mol. The third-order valence-electron chi connectivity index (χ3n) is 4.29. The summed E-state index contributed by atoms with van der Waals surface area (Å²) < 4.78 is 11.0. The van der Waals surface area contributed by atoms with Gasteiger partial charge >= 0.3 is 0 Å². The maximum atomic E-state index is 5.54. The van der Waals surface area contributed by atoms with Gasteiger partial charge in [0.05, 0.1) is 19.7 Å². The SMILES string of the molecule is COc1ccccc1C1CNCCN1Cc1nc(CC(C)C)no1. The second-order valence-corrected chi connectivity index (χ2v) is 6.63. The maximum absolute atomic E-state index is 5.54. The fraction of sp³-hybridized carbons (Fsp3) is 0.556. The Morgan fingerprint density at radius 2 is 2.21 bits per heavy atom. The highest BCUT2D eigenvalue weighted by molar-refractivity contribution is 5.36. The van der Waals surface area contributed by atoms with Gasteiger partial charge in [-0.25, -0.2) is 0 Å². The molecule has 0 bridgehead atoms. The van der Waals surface area contributed by atoms with Crippen LogP contribution in [0.25, 0.3) is 0 Å². The van der Waals surface area contributed by atoms with Crippen LogP contribution < -0.4 is 10.1 Å². The third-order valence-corrected chi connectivity index (χ3v) is 4.29. The number of nitrogens with one attached hydrogen (secondary N) is 1. The molecule has 6 nitrogen and oxygen atoms in total. The average molecular weight is 330 g/mol. The van der Waals surface area contributed by atoms with Crippen molar-refractivity contribution in [1.82, 2.24) is 20.4 Å². The van der Waals surface area contributed by atoms with Crippen molar-refractivity contribution in [3.05, 3.63) is 41.5 Å². The number of nitrogens with zero attached hydrogens (tertiary/aromatic N) is 3. The fourth-order valence-electron chi connectivity index (χ4n) is 3.16. The first-order chi connectivity index (χ1) is 11.7. The summed E-state index contributed by atoms with van der Waals surface area (Å²) in [5.74, 6) is 2.93. The molecule has 0 amide bonds. The Kier molecular flexibility index (Phi) is 5.48. The van der Waals surface area contributed by atoms with Crippen LogP contribution in [0, 0.1) is 5.92 Å². The molecule has 1 N–H and O–H groups in total. The normalized spacial score (nSPS) is 18.9. The lowest BCUT2D eigenvalue weighted by Crippen LogP contribution is -2.45. The number of para-hydroxylation sites is 1. The van der Waals surface area contributed by atoms with Crippen molar-refractivity contribution in [2.24, 2.45) is 5.92 Å². The van der Waals surface area contributed by atoms with Gasteiger partial charge in [0.2, 0.25) is 5.89 Å². The van der Waals surface area contributed by atoms with Crippen LogP contribution in [0.2, 0.25) is 0 Å². The Hall–Kier alpha value is -1.92. The molecule has 1 aliphatic rings. The van der Waals surface area contributed by atoms with Crippen molar-refractivity contribution in [2.45, 2.75) is 32.9 Å². The molecular weight excluding hydrogens is 304 g/mol. The van der Waals surface area contributed by atoms with E-state index in [1.807, 2.05) is 12.1 Å². The Labute approximate surface area is 143 Å². The van der Waals surface area contributed by atoms with Crippen molar-refractivity contribution in [3.63, 3.8) is 0 Å². The molecule has 1 aromatic heterocycles. The summed E-state index contributed by atoms with van der Waals surface area (Å²) in [7, 11) is 1.72. The van der Waals surface area contributed by atoms with E-state index in [-0.39, 0.29) is 6.04 Å². The van der Waals surface area contributed by atoms with Gasteiger partial charge < -0.3 is 14.6 Å². The number of hydrogen-bond donors (Lipinski definition) is 1. The quantitative estimate of drug-likeness (QED) is 0.878. The van der Waals surface area contributed by atoms with E-state index in [4.69, 9.17) is 9.26 Å². The Morgan fingerprint density at radius 3 is 3.00 bits per heavy atom. The minimum Gasteiger partial charge on any atom is -0.496 e. The summed E-state index contributed by atoms with van der Waals surface area (Å²) in [6.45, 7) is 7.75. The number of rotatable bonds is 6. The first-order valence-corrected chi connectivity index (χ1v) is 8.56. The minimum absolute atomic E-state index is 0.232. The summed E-state index contributed by atoms with van der Waals surface area (Å²) in [5, 5.41) is 7.57. The standard InChI is InChI=1S/C18H26N4O2/c1-13(2)10-17-20-18(24-21-17)12-22-9-8-19-11-15(22)14-6-4-5-7-16(14)23-3/h4-7,13,15,19H,8-12H2,1-3H3. The molecule has 24 heavy (non-hydrogen) atoms. The van der Waals surface area contributed by atoms with Gasteiger partial charge in [-0.1, -0.05) is 37.2 Å². The van der Waals surface area contributed by atoms with Crippen molar-refractivity contribution >= 4 is 0 Å². The highest BCUT2D eigenvalue weighted by Crippen LogP contribution is 2.30. The molecule has 130 valence electrons. The van der Waals surface area contributed by atoms with E-state index in [1.165, 1.54) is 5.56 Å². The molecule has 0 radical (unpaired) electrons. The molecule has 0 spiro atoms. The first-order valence-electron chi connectivity index (χ1n) is 8.56. The molecule has 3 rings (SSSR count). The van der Waals surface area contributed by atoms with Crippen LogP contribution in [0.4, 0.5) is 0 Å². The number of hydrogen-bond acceptors (Lipinski definition) is 6. The summed E-state index contributed by atoms with van der Waals surface area (Å²) in [6, 6.07) is 8.42. The molecule has 1 aromatic carbocycles. The Bertz CT molecular complexity index is 656. The van der Waals surface area contributed by atoms with E-state index >= 15 is 0 Å². The van der Waals surface area contributed by atoms with Crippen LogP contribution in [0.5, 0.6) is 5.75 Å². The van der Waals surface area contributed by atoms with E-state index in [9.17, 15) is 0 Å². The number of ether oxygens (including phenoxy) is 1. The zero-order valence-electron chi connectivity index (χ0n) is 14.7. The molecule has 1 unspecified atom stereocenters. The fourth-order valence-corrected chi connectivity index (χ4v) is 3.16. The summed E-state index contributed by atoms with van der Waals surface area (Å²) in [4.78, 5) is 6.92. The molecule has 1 saturated heterocycles. The Morgan fingerprint density at radius 1 is 1.38 bits per heavy atom. The van der Waals surface area contributed by atoms with Gasteiger partial charge in [0, 0.05) is 31.6 Å². The zero-order valence-corrected chi connectivity index (χ0v) is 14.7. The van der Waals surface area contributed by atoms with Gasteiger partial charge in [0.25, 0.3) is 0 Å². The van der Waals surface area contributed by atoms with Crippen LogP contribution in [-0.2, 0) is 13.0 Å². The molecule has 0 aliphatic carbocycles. The average Bonchev–Trinajstić information content (AvgIpc) is 3.01. The molecule has 2 heterocycles. The highest BCUT2D eigenvalue weighted by atomic mass is 16.5. The predicted octanol–water partition coefficient (Wildman–Crippen LogP) is 2.42. The van der Waals surface area contributed by atoms with Crippen molar-refractivity contribution in [2.75, 3.05) is 26.7 Å². The zero-order chi connectivity index (χ0) is 16.9. The topological polar surface area (TPSA) is 63.4 Å². The number of methoxy groups -OCH3 is 1. The van der Waals surface area contributed by atoms with E-state index < -0.39 is 0 Å². The molecular formula is C18H26N4O2. The van der Waals surface area contributed by atoms with Crippen LogP contribution in [0.15, 0.2) is 28.8 Å². The second kappa shape index (κ2) is 7.77. The van der Waals surface area contributed by atoms with Gasteiger partial charge in [-0.2, -0.15) is 4.98 Å². The lowest BCUT2D eigenvalue weighted by molar-refractivity contribution is 0.133. The van der Waals surface area contributed by atoms with Crippen LogP contribution >= 0.6 is 0 Å². The number of aromatic nitrogens is 2. The van der Waals surface area contributed by atoms with E-state index in [2.05, 4.69) is 46.3 Å². The van der Waals surface area contributed by atoms with Crippen molar-refractivity contribution in [1.29, 1.82) is 0 Å². The Balaban J connectivity index is 1.76. The molecule has 1 fully saturated rings. The number of piperazine rings is 1. The molecule has 1 atom stereocenters. The van der Waals surface area contributed by atoms with Crippen molar-refractivity contribution < 1.29 is 9.26 Å². The van der Waals surface area contributed by atoms with Gasteiger partial charge in [0.1, 0.15) is 5.75 Å². The van der Waals surface area contributed by atoms with Crippen LogP contribution in [0.3, 0.4) is 0 Å². The lowest BCUT2D eigenvalue weighted by atomic mass is 10.0. The lowest BCUT2D eigenvalue weighted by Gasteiger charge is -2.36. The van der Waals surface area contributed by atoms with E-state index in [1.54, 1.807) is 7.11 Å². The largest absolute Gasteiger partial charge is 0.496 e. The van der Waals surface area contributed by atoms with Crippen molar-refractivity contribution in [3.8, 4) is 5.75 Å². The third kappa shape index (κ3) is 3.94. The molecule has 1 aliphatic heterocycles. The first kappa shape index (κ1) is 16.9. The van der Waals surface area contributed by atoms with E-state index in [0.717, 1.165) is 37.6 Å². The van der Waals surface area contributed by atoms with Crippen LogP contribution in [0.1, 0.15) is 37.2 Å². The smallest absolute Gasteiger partial charge is 0.240 e. The molecule has 0 saturated carbocycles. The minimum atomic E-state index is 0.232. The van der Waals surface area contributed by atoms with E-state index in [0.29, 0.717) is 18.4 Å². The van der Waals surface area contributed by atoms with Gasteiger partial charge in [-0.3, -0.25) is 4.90 Å². The summed E-state index contributed by atoms with van der Waals surface area (Å²) in [6.07, 6.45) is 0.848. The van der Waals surface area contributed by atoms with Gasteiger partial charge in [0.15, 0.2) is 5.82 Å². The maximum Gasteiger partial charge on any atom is 0.240 e. The summed E-state index contributed by atoms with van der Waals surface area (Å²) >= 11 is 0.